The molecule has 0 radical (unpaired) electrons. The van der Waals surface area contributed by atoms with Crippen molar-refractivity contribution < 1.29 is 52.4 Å². The van der Waals surface area contributed by atoms with E-state index in [0.29, 0.717) is 22.2 Å². The minimum Gasteiger partial charge on any atom is -0.496 e. The second-order valence-corrected chi connectivity index (χ2v) is 13.1. The lowest BCUT2D eigenvalue weighted by molar-refractivity contribution is -0.146. The largest absolute Gasteiger partial charge is 0.496 e. The molecule has 1 aliphatic rings. The Kier molecular flexibility index (Phi) is 9.40. The zero-order valence-electron chi connectivity index (χ0n) is 24.6. The number of thiophene rings is 2. The van der Waals surface area contributed by atoms with E-state index in [9.17, 15) is 24.3 Å². The van der Waals surface area contributed by atoms with E-state index in [1.807, 2.05) is 0 Å². The molecule has 1 aliphatic carbocycles. The number of hydrogen-bond acceptors (Lipinski definition) is 9. The van der Waals surface area contributed by atoms with Crippen LogP contribution in [0.25, 0.3) is 20.2 Å². The van der Waals surface area contributed by atoms with E-state index in [1.165, 1.54) is 33.3 Å². The zero-order valence-corrected chi connectivity index (χ0v) is 26.2. The highest BCUT2D eigenvalue weighted by molar-refractivity contribution is 7.21. The number of fused-ring (bicyclic) bond motifs is 2. The Balaban J connectivity index is 1.31. The topological polar surface area (TPSA) is 136 Å². The van der Waals surface area contributed by atoms with Crippen molar-refractivity contribution in [1.29, 1.82) is 0 Å². The summed E-state index contributed by atoms with van der Waals surface area (Å²) in [7, 11) is 2.76. The summed E-state index contributed by atoms with van der Waals surface area (Å²) in [6.45, 7) is 1.42. The molecule has 5 rings (SSSR count). The summed E-state index contributed by atoms with van der Waals surface area (Å²) in [6, 6.07) is 6.03. The maximum Gasteiger partial charge on any atom is 0.307 e. The Labute approximate surface area is 264 Å². The first kappa shape index (κ1) is 32.3. The number of ketones is 2. The summed E-state index contributed by atoms with van der Waals surface area (Å²) in [4.78, 5) is 48.6. The lowest BCUT2D eigenvalue weighted by Gasteiger charge is -2.31. The molecule has 2 heterocycles. The van der Waals surface area contributed by atoms with Crippen molar-refractivity contribution in [2.24, 2.45) is 17.8 Å². The molecule has 2 aromatic heterocycles. The molecule has 2 N–H and O–H groups in total. The van der Waals surface area contributed by atoms with Crippen molar-refractivity contribution in [3.8, 4) is 17.2 Å². The Bertz CT molecular complexity index is 1830. The number of benzene rings is 2. The summed E-state index contributed by atoms with van der Waals surface area (Å²) >= 11 is 2.13. The van der Waals surface area contributed by atoms with Gasteiger partial charge in [0.15, 0.2) is 28.9 Å². The Morgan fingerprint density at radius 1 is 0.889 bits per heavy atom. The van der Waals surface area contributed by atoms with Crippen LogP contribution in [-0.2, 0) is 16.0 Å². The van der Waals surface area contributed by atoms with Crippen molar-refractivity contribution in [3.05, 3.63) is 51.2 Å². The summed E-state index contributed by atoms with van der Waals surface area (Å²) in [5.41, 5.74) is 0.254. The fraction of sp³-hybridized carbons (Fsp3) is 0.375. The Morgan fingerprint density at radius 3 is 2.09 bits per heavy atom. The van der Waals surface area contributed by atoms with Crippen LogP contribution >= 0.6 is 22.7 Å². The van der Waals surface area contributed by atoms with Crippen molar-refractivity contribution in [2.75, 3.05) is 20.8 Å². The summed E-state index contributed by atoms with van der Waals surface area (Å²) in [5, 5.41) is 18.8. The molecule has 0 bridgehead atoms. The van der Waals surface area contributed by atoms with Gasteiger partial charge in [0.1, 0.15) is 11.6 Å². The molecule has 1 saturated carbocycles. The molecule has 238 valence electrons. The van der Waals surface area contributed by atoms with E-state index >= 15 is 8.78 Å². The number of carboxylic acid groups (broad SMARTS) is 2. The van der Waals surface area contributed by atoms with Crippen LogP contribution in [0, 0.1) is 29.4 Å². The molecule has 0 aliphatic heterocycles. The van der Waals surface area contributed by atoms with E-state index in [4.69, 9.17) is 19.3 Å². The second kappa shape index (κ2) is 13.1. The highest BCUT2D eigenvalue weighted by Crippen LogP contribution is 2.43. The molecule has 13 heteroatoms. The number of carbonyl (C=O) groups excluding carboxylic acids is 2. The number of methoxy groups -OCH3 is 2. The lowest BCUT2D eigenvalue weighted by Crippen LogP contribution is -2.37. The average Bonchev–Trinajstić information content (AvgIpc) is 3.61. The van der Waals surface area contributed by atoms with E-state index in [2.05, 4.69) is 0 Å². The van der Waals surface area contributed by atoms with Gasteiger partial charge in [-0.05, 0) is 43.9 Å². The van der Waals surface area contributed by atoms with Crippen LogP contribution in [0.2, 0.25) is 0 Å². The summed E-state index contributed by atoms with van der Waals surface area (Å²) < 4.78 is 48.8. The zero-order chi connectivity index (χ0) is 32.6. The third-order valence-corrected chi connectivity index (χ3v) is 10.3. The van der Waals surface area contributed by atoms with Crippen LogP contribution in [0.1, 0.15) is 57.5 Å². The number of aliphatic carboxylic acids is 2. The number of rotatable bonds is 14. The average molecular weight is 661 g/mol. The molecule has 0 saturated heterocycles. The van der Waals surface area contributed by atoms with E-state index in [1.54, 1.807) is 12.1 Å². The first-order chi connectivity index (χ1) is 21.4. The maximum atomic E-state index is 15.7. The minimum atomic E-state index is -1.09. The van der Waals surface area contributed by atoms with E-state index < -0.39 is 41.3 Å². The number of carbonyl (C=O) groups is 4. The molecule has 45 heavy (non-hydrogen) atoms. The standard InChI is InChI=1S/C32H30F2O9S2/c1-14(31(37)38)9-20(35)25-10-18-23(44-25)12-21(41-2)17(27(18)33)5-4-8-43-30-22(42-3)13-24-19(28(30)34)11-26(45-24)29(36)15-6-7-16(15)32(39)40/h10-16H,4-9H2,1-3H3,(H,37,38)(H,39,40)/t14-,15+,16+/m0/s1. The van der Waals surface area contributed by atoms with Gasteiger partial charge in [-0.1, -0.05) is 6.92 Å². The van der Waals surface area contributed by atoms with Gasteiger partial charge in [0.2, 0.25) is 0 Å². The molecule has 0 amide bonds. The molecule has 2 aromatic carbocycles. The van der Waals surface area contributed by atoms with Crippen molar-refractivity contribution in [3.63, 3.8) is 0 Å². The predicted octanol–water partition coefficient (Wildman–Crippen LogP) is 7.01. The van der Waals surface area contributed by atoms with Crippen molar-refractivity contribution >= 4 is 66.4 Å². The third kappa shape index (κ3) is 6.23. The molecule has 0 spiro atoms. The lowest BCUT2D eigenvalue weighted by atomic mass is 9.71. The smallest absolute Gasteiger partial charge is 0.307 e. The maximum absolute atomic E-state index is 15.7. The van der Waals surface area contributed by atoms with Gasteiger partial charge >= 0.3 is 11.9 Å². The number of halogens is 2. The molecular formula is C32H30F2O9S2. The van der Waals surface area contributed by atoms with E-state index in [-0.39, 0.29) is 80.8 Å². The SMILES string of the molecule is COc1cc2sc(C(=O)C[C@H](C)C(=O)O)cc2c(F)c1CCCOc1c(OC)cc2sc(C(=O)[C@@H]3CC[C@H]3C(=O)O)cc2c1F. The van der Waals surface area contributed by atoms with Gasteiger partial charge in [-0.3, -0.25) is 19.2 Å². The predicted molar refractivity (Wildman–Crippen MR) is 164 cm³/mol. The van der Waals surface area contributed by atoms with Crippen molar-refractivity contribution in [1.82, 2.24) is 0 Å². The van der Waals surface area contributed by atoms with E-state index in [0.717, 1.165) is 22.7 Å². The summed E-state index contributed by atoms with van der Waals surface area (Å²) in [5.74, 6) is -6.10. The molecule has 3 atom stereocenters. The van der Waals surface area contributed by atoms with Gasteiger partial charge in [0, 0.05) is 44.1 Å². The van der Waals surface area contributed by atoms with Crippen LogP contribution in [0.4, 0.5) is 8.78 Å². The number of carboxylic acids is 2. The fourth-order valence-corrected chi connectivity index (χ4v) is 7.53. The van der Waals surface area contributed by atoms with Gasteiger partial charge in [-0.25, -0.2) is 8.78 Å². The molecular weight excluding hydrogens is 630 g/mol. The Hall–Kier alpha value is -4.10. The fourth-order valence-electron chi connectivity index (χ4n) is 5.40. The van der Waals surface area contributed by atoms with Crippen LogP contribution in [0.3, 0.4) is 0 Å². The third-order valence-electron chi connectivity index (χ3n) is 8.12. The highest BCUT2D eigenvalue weighted by atomic mass is 32.1. The first-order valence-electron chi connectivity index (χ1n) is 14.2. The quantitative estimate of drug-likeness (QED) is 0.108. The Morgan fingerprint density at radius 2 is 1.49 bits per heavy atom. The van der Waals surface area contributed by atoms with Crippen LogP contribution in [0.5, 0.6) is 17.2 Å². The molecule has 0 unspecified atom stereocenters. The highest BCUT2D eigenvalue weighted by Gasteiger charge is 2.42. The van der Waals surface area contributed by atoms with Gasteiger partial charge in [0.05, 0.1) is 42.4 Å². The molecule has 4 aromatic rings. The minimum absolute atomic E-state index is 0.0157. The summed E-state index contributed by atoms with van der Waals surface area (Å²) in [6.07, 6.45) is 1.13. The molecule has 9 nitrogen and oxygen atoms in total. The molecule has 1 fully saturated rings. The monoisotopic (exact) mass is 660 g/mol. The second-order valence-electron chi connectivity index (χ2n) is 10.9. The van der Waals surface area contributed by atoms with Crippen LogP contribution < -0.4 is 14.2 Å². The van der Waals surface area contributed by atoms with Gasteiger partial charge in [0.25, 0.3) is 0 Å². The van der Waals surface area contributed by atoms with Gasteiger partial charge in [-0.2, -0.15) is 0 Å². The van der Waals surface area contributed by atoms with Gasteiger partial charge in [-0.15, -0.1) is 22.7 Å². The number of ether oxygens (including phenoxy) is 3. The number of Topliss-reactive ketones (excluding diaryl/α,β-unsaturated/α-hetero) is 2. The normalized spacial score (nSPS) is 16.7. The first-order valence-corrected chi connectivity index (χ1v) is 15.8. The van der Waals surface area contributed by atoms with Crippen LogP contribution in [-0.4, -0.2) is 54.5 Å². The van der Waals surface area contributed by atoms with Gasteiger partial charge < -0.3 is 24.4 Å². The van der Waals surface area contributed by atoms with Crippen LogP contribution in [0.15, 0.2) is 24.3 Å². The number of hydrogen-bond donors (Lipinski definition) is 2. The van der Waals surface area contributed by atoms with Crippen molar-refractivity contribution in [2.45, 2.75) is 39.0 Å².